The molecule has 112 valence electrons. The van der Waals surface area contributed by atoms with E-state index in [9.17, 15) is 4.79 Å². The largest absolute Gasteiger partial charge is 0.345 e. The van der Waals surface area contributed by atoms with E-state index in [0.29, 0.717) is 18.1 Å². The van der Waals surface area contributed by atoms with Crippen LogP contribution in [0, 0.1) is 0 Å². The molecule has 0 unspecified atom stereocenters. The number of tetrazole rings is 1. The summed E-state index contributed by atoms with van der Waals surface area (Å²) in [5.74, 6) is 0.206. The third kappa shape index (κ3) is 2.14. The van der Waals surface area contributed by atoms with Crippen molar-refractivity contribution < 1.29 is 4.79 Å². The lowest BCUT2D eigenvalue weighted by Gasteiger charge is -2.02. The SMILES string of the molecule is O=C(NCc1n[nH]c2c1CCC2)c1cc(-n2cnnn2)n[nH]1. The van der Waals surface area contributed by atoms with Gasteiger partial charge < -0.3 is 5.32 Å². The van der Waals surface area contributed by atoms with E-state index < -0.39 is 0 Å². The molecule has 1 amide bonds. The Labute approximate surface area is 124 Å². The number of nitrogens with zero attached hydrogens (tertiary/aromatic N) is 6. The number of aromatic amines is 2. The van der Waals surface area contributed by atoms with Gasteiger partial charge in [-0.1, -0.05) is 0 Å². The van der Waals surface area contributed by atoms with Crippen LogP contribution < -0.4 is 5.32 Å². The van der Waals surface area contributed by atoms with Crippen molar-refractivity contribution in [3.05, 3.63) is 35.0 Å². The quantitative estimate of drug-likeness (QED) is 0.597. The number of fused-ring (bicyclic) bond motifs is 1. The van der Waals surface area contributed by atoms with Crippen molar-refractivity contribution in [2.75, 3.05) is 0 Å². The molecule has 1 aliphatic rings. The number of rotatable bonds is 4. The van der Waals surface area contributed by atoms with E-state index in [1.165, 1.54) is 22.3 Å². The monoisotopic (exact) mass is 299 g/mol. The second kappa shape index (κ2) is 5.06. The molecule has 22 heavy (non-hydrogen) atoms. The Morgan fingerprint density at radius 3 is 3.14 bits per heavy atom. The van der Waals surface area contributed by atoms with E-state index in [1.807, 2.05) is 0 Å². The Kier molecular flexibility index (Phi) is 2.92. The molecule has 4 rings (SSSR count). The average Bonchev–Trinajstić information content (AvgIpc) is 3.28. The number of aryl methyl sites for hydroxylation is 1. The van der Waals surface area contributed by atoms with Gasteiger partial charge >= 0.3 is 0 Å². The average molecular weight is 299 g/mol. The fourth-order valence-electron chi connectivity index (χ4n) is 2.60. The van der Waals surface area contributed by atoms with Crippen molar-refractivity contribution in [3.63, 3.8) is 0 Å². The smallest absolute Gasteiger partial charge is 0.269 e. The molecular formula is C12H13N9O. The van der Waals surface area contributed by atoms with Gasteiger partial charge in [0.15, 0.2) is 5.82 Å². The molecule has 0 saturated heterocycles. The van der Waals surface area contributed by atoms with Gasteiger partial charge in [-0.15, -0.1) is 5.10 Å². The van der Waals surface area contributed by atoms with E-state index in [4.69, 9.17) is 0 Å². The van der Waals surface area contributed by atoms with Crippen molar-refractivity contribution in [2.45, 2.75) is 25.8 Å². The third-order valence-electron chi connectivity index (χ3n) is 3.70. The van der Waals surface area contributed by atoms with Crippen molar-refractivity contribution in [1.29, 1.82) is 0 Å². The second-order valence-corrected chi connectivity index (χ2v) is 5.06. The molecule has 3 aromatic rings. The predicted molar refractivity (Wildman–Crippen MR) is 73.1 cm³/mol. The van der Waals surface area contributed by atoms with Gasteiger partial charge in [0.05, 0.1) is 12.2 Å². The van der Waals surface area contributed by atoms with Crippen molar-refractivity contribution in [2.24, 2.45) is 0 Å². The standard InChI is InChI=1S/C12H13N9O/c22-12(9-4-11(18-16-9)21-6-14-19-20-21)13-5-10-7-2-1-3-8(7)15-17-10/h4,6H,1-3,5H2,(H,13,22)(H,15,17)(H,16,18). The van der Waals surface area contributed by atoms with Crippen LogP contribution in [0.1, 0.15) is 33.9 Å². The lowest BCUT2D eigenvalue weighted by molar-refractivity contribution is 0.0945. The van der Waals surface area contributed by atoms with Crippen molar-refractivity contribution in [3.8, 4) is 5.82 Å². The lowest BCUT2D eigenvalue weighted by Crippen LogP contribution is -2.23. The molecular weight excluding hydrogens is 286 g/mol. The van der Waals surface area contributed by atoms with Crippen molar-refractivity contribution >= 4 is 5.91 Å². The number of H-pyrrole nitrogens is 2. The number of nitrogens with one attached hydrogen (secondary N) is 3. The Morgan fingerprint density at radius 1 is 1.32 bits per heavy atom. The third-order valence-corrected chi connectivity index (χ3v) is 3.70. The molecule has 0 fully saturated rings. The predicted octanol–water partition coefficient (Wildman–Crippen LogP) is -0.473. The van der Waals surface area contributed by atoms with Crippen LogP contribution >= 0.6 is 0 Å². The summed E-state index contributed by atoms with van der Waals surface area (Å²) in [6.07, 6.45) is 4.60. The van der Waals surface area contributed by atoms with Crippen molar-refractivity contribution in [1.82, 2.24) is 45.9 Å². The number of aromatic nitrogens is 8. The summed E-state index contributed by atoms with van der Waals surface area (Å²) in [7, 11) is 0. The molecule has 0 aliphatic heterocycles. The molecule has 10 heteroatoms. The summed E-state index contributed by atoms with van der Waals surface area (Å²) in [5.41, 5.74) is 3.67. The summed E-state index contributed by atoms with van der Waals surface area (Å²) >= 11 is 0. The molecule has 0 atom stereocenters. The number of carbonyl (C=O) groups excluding carboxylic acids is 1. The molecule has 0 radical (unpaired) electrons. The number of carbonyl (C=O) groups is 1. The van der Waals surface area contributed by atoms with Gasteiger partial charge in [-0.25, -0.2) is 0 Å². The Hall–Kier alpha value is -3.04. The van der Waals surface area contributed by atoms with Crippen LogP contribution in [-0.4, -0.2) is 46.5 Å². The highest BCUT2D eigenvalue weighted by Crippen LogP contribution is 2.22. The highest BCUT2D eigenvalue weighted by atomic mass is 16.1. The Bertz CT molecular complexity index is 801. The molecule has 0 saturated carbocycles. The minimum Gasteiger partial charge on any atom is -0.345 e. The Morgan fingerprint density at radius 2 is 2.27 bits per heavy atom. The number of amides is 1. The van der Waals surface area contributed by atoms with Gasteiger partial charge in [-0.2, -0.15) is 14.9 Å². The van der Waals surface area contributed by atoms with Gasteiger partial charge in [0, 0.05) is 11.8 Å². The Balaban J connectivity index is 1.44. The summed E-state index contributed by atoms with van der Waals surface area (Å²) < 4.78 is 1.37. The first-order chi connectivity index (χ1) is 10.8. The van der Waals surface area contributed by atoms with E-state index in [0.717, 1.165) is 25.0 Å². The minimum absolute atomic E-state index is 0.249. The number of hydrogen-bond donors (Lipinski definition) is 3. The van der Waals surface area contributed by atoms with E-state index in [1.54, 1.807) is 6.07 Å². The number of hydrogen-bond acceptors (Lipinski definition) is 6. The normalized spacial score (nSPS) is 13.3. The summed E-state index contributed by atoms with van der Waals surface area (Å²) in [5, 5.41) is 27.5. The molecule has 0 aromatic carbocycles. The summed E-state index contributed by atoms with van der Waals surface area (Å²) in [6.45, 7) is 0.393. The highest BCUT2D eigenvalue weighted by molar-refractivity contribution is 5.92. The molecule has 0 spiro atoms. The molecule has 0 bridgehead atoms. The zero-order valence-electron chi connectivity index (χ0n) is 11.6. The van der Waals surface area contributed by atoms with Crippen LogP contribution in [0.5, 0.6) is 0 Å². The highest BCUT2D eigenvalue weighted by Gasteiger charge is 2.19. The zero-order valence-corrected chi connectivity index (χ0v) is 11.6. The van der Waals surface area contributed by atoms with Crippen LogP contribution in [0.25, 0.3) is 5.82 Å². The summed E-state index contributed by atoms with van der Waals surface area (Å²) in [4.78, 5) is 12.1. The minimum atomic E-state index is -0.249. The van der Waals surface area contributed by atoms with Gasteiger partial charge in [-0.05, 0) is 35.3 Å². The fourth-order valence-corrected chi connectivity index (χ4v) is 2.60. The molecule has 3 aromatic heterocycles. The van der Waals surface area contributed by atoms with Crippen LogP contribution in [0.15, 0.2) is 12.4 Å². The topological polar surface area (TPSA) is 130 Å². The first-order valence-corrected chi connectivity index (χ1v) is 6.93. The fraction of sp³-hybridized carbons (Fsp3) is 0.333. The van der Waals surface area contributed by atoms with Crippen LogP contribution in [-0.2, 0) is 19.4 Å². The summed E-state index contributed by atoms with van der Waals surface area (Å²) in [6, 6.07) is 1.58. The van der Waals surface area contributed by atoms with Crippen LogP contribution in [0.4, 0.5) is 0 Å². The van der Waals surface area contributed by atoms with Gasteiger partial charge in [0.2, 0.25) is 0 Å². The van der Waals surface area contributed by atoms with Crippen LogP contribution in [0.2, 0.25) is 0 Å². The van der Waals surface area contributed by atoms with E-state index in [-0.39, 0.29) is 5.91 Å². The maximum absolute atomic E-state index is 12.1. The van der Waals surface area contributed by atoms with Gasteiger partial charge in [-0.3, -0.25) is 15.0 Å². The van der Waals surface area contributed by atoms with Crippen LogP contribution in [0.3, 0.4) is 0 Å². The van der Waals surface area contributed by atoms with E-state index in [2.05, 4.69) is 41.2 Å². The van der Waals surface area contributed by atoms with Gasteiger partial charge in [0.1, 0.15) is 12.0 Å². The zero-order chi connectivity index (χ0) is 14.9. The maximum Gasteiger partial charge on any atom is 0.269 e. The molecule has 1 aliphatic carbocycles. The molecule has 10 nitrogen and oxygen atoms in total. The molecule has 3 heterocycles. The lowest BCUT2D eigenvalue weighted by atomic mass is 10.2. The first kappa shape index (κ1) is 12.7. The van der Waals surface area contributed by atoms with E-state index >= 15 is 0 Å². The second-order valence-electron chi connectivity index (χ2n) is 5.06. The first-order valence-electron chi connectivity index (χ1n) is 6.93. The maximum atomic E-state index is 12.1. The van der Waals surface area contributed by atoms with Gasteiger partial charge in [0.25, 0.3) is 5.91 Å². The molecule has 3 N–H and O–H groups in total.